The molecule has 0 aliphatic carbocycles. The highest BCUT2D eigenvalue weighted by Gasteiger charge is 1.83. The van der Waals surface area contributed by atoms with E-state index in [9.17, 15) is 0 Å². The molecule has 0 aromatic rings. The van der Waals surface area contributed by atoms with Crippen LogP contribution >= 0.6 is 64.8 Å². The summed E-state index contributed by atoms with van der Waals surface area (Å²) in [5.41, 5.74) is 0. The maximum atomic E-state index is 2.20. The van der Waals surface area contributed by atoms with E-state index in [-0.39, 0.29) is 0 Å². The van der Waals surface area contributed by atoms with E-state index >= 15 is 0 Å². The third kappa shape index (κ3) is 17.1. The van der Waals surface area contributed by atoms with Gasteiger partial charge in [-0.3, -0.25) is 0 Å². The van der Waals surface area contributed by atoms with Gasteiger partial charge in [0, 0.05) is 11.5 Å². The van der Waals surface area contributed by atoms with Gasteiger partial charge in [-0.15, -0.1) is 0 Å². The van der Waals surface area contributed by atoms with Crippen LogP contribution in [-0.4, -0.2) is 11.5 Å². The molecule has 0 radical (unpaired) electrons. The van der Waals surface area contributed by atoms with Gasteiger partial charge in [-0.2, -0.15) is 0 Å². The summed E-state index contributed by atoms with van der Waals surface area (Å²) < 4.78 is 0. The van der Waals surface area contributed by atoms with Crippen LogP contribution in [0, 0.1) is 0 Å². The van der Waals surface area contributed by atoms with Crippen LogP contribution in [0.1, 0.15) is 13.8 Å². The minimum Gasteiger partial charge on any atom is -0.0854 e. The Morgan fingerprint density at radius 2 is 1.06 bits per heavy atom. The van der Waals surface area contributed by atoms with Crippen molar-refractivity contribution in [3.63, 3.8) is 0 Å². The predicted molar refractivity (Wildman–Crippen MR) is 103 cm³/mol. The zero-order valence-electron chi connectivity index (χ0n) is 10.5. The highest BCUT2D eigenvalue weighted by atomic mass is 33.1. The Kier molecular flexibility index (Phi) is 19.1. The molecule has 0 heterocycles. The summed E-state index contributed by atoms with van der Waals surface area (Å²) in [7, 11) is 10.8. The molecule has 0 saturated heterocycles. The van der Waals surface area contributed by atoms with Crippen molar-refractivity contribution in [3.8, 4) is 0 Å². The van der Waals surface area contributed by atoms with Crippen molar-refractivity contribution in [2.75, 3.05) is 11.5 Å². The third-order valence-electron chi connectivity index (χ3n) is 1.21. The fourth-order valence-electron chi connectivity index (χ4n) is 0.568. The lowest BCUT2D eigenvalue weighted by Gasteiger charge is -1.90. The van der Waals surface area contributed by atoms with Gasteiger partial charge < -0.3 is 0 Å². The first kappa shape index (κ1) is 19.1. The van der Waals surface area contributed by atoms with Crippen molar-refractivity contribution in [2.24, 2.45) is 0 Å². The molecule has 0 fully saturated rings. The molecule has 0 saturated carbocycles. The normalized spacial score (nSPS) is 12.8. The Hall–Kier alpha value is 1.06. The first-order valence-electron chi connectivity index (χ1n) is 5.32. The molecule has 0 aromatic carbocycles. The molecule has 0 amide bonds. The lowest BCUT2D eigenvalue weighted by Crippen LogP contribution is -1.62. The van der Waals surface area contributed by atoms with Gasteiger partial charge in [-0.1, -0.05) is 89.1 Å². The van der Waals surface area contributed by atoms with Crippen molar-refractivity contribution >= 4 is 64.8 Å². The maximum Gasteiger partial charge on any atom is 0.0229 e. The van der Waals surface area contributed by atoms with Crippen LogP contribution in [0.5, 0.6) is 0 Å². The van der Waals surface area contributed by atoms with E-state index in [0.717, 1.165) is 11.5 Å². The molecule has 0 nitrogen and oxygen atoms in total. The number of rotatable bonds is 11. The maximum absolute atomic E-state index is 2.20. The molecule has 0 aliphatic heterocycles. The molecule has 6 heteroatoms. The molecular formula is C12H18S6. The van der Waals surface area contributed by atoms with Gasteiger partial charge in [0.15, 0.2) is 0 Å². The zero-order valence-corrected chi connectivity index (χ0v) is 15.4. The second-order valence-corrected chi connectivity index (χ2v) is 9.36. The lowest BCUT2D eigenvalue weighted by molar-refractivity contribution is 1.79. The van der Waals surface area contributed by atoms with Crippen molar-refractivity contribution < 1.29 is 0 Å². The molecular weight excluding hydrogens is 337 g/mol. The third-order valence-corrected chi connectivity index (χ3v) is 6.92. The Morgan fingerprint density at radius 3 is 1.44 bits per heavy atom. The van der Waals surface area contributed by atoms with Gasteiger partial charge in [-0.25, -0.2) is 0 Å². The second kappa shape index (κ2) is 18.1. The highest BCUT2D eigenvalue weighted by Crippen LogP contribution is 2.27. The summed E-state index contributed by atoms with van der Waals surface area (Å²) in [4.78, 5) is 0. The van der Waals surface area contributed by atoms with Crippen LogP contribution in [0.2, 0.25) is 0 Å². The van der Waals surface area contributed by atoms with Crippen molar-refractivity contribution in [3.05, 3.63) is 45.9 Å². The molecule has 0 aliphatic rings. The van der Waals surface area contributed by atoms with E-state index in [0.29, 0.717) is 0 Å². The van der Waals surface area contributed by atoms with Gasteiger partial charge in [0.1, 0.15) is 0 Å². The lowest BCUT2D eigenvalue weighted by atomic mass is 10.8. The summed E-state index contributed by atoms with van der Waals surface area (Å²) in [5.74, 6) is 2.12. The molecule has 102 valence electrons. The van der Waals surface area contributed by atoms with E-state index in [1.165, 1.54) is 0 Å². The Balaban J connectivity index is 3.22. The van der Waals surface area contributed by atoms with Crippen molar-refractivity contribution in [1.82, 2.24) is 0 Å². The van der Waals surface area contributed by atoms with Gasteiger partial charge >= 0.3 is 0 Å². The van der Waals surface area contributed by atoms with Crippen LogP contribution in [-0.2, 0) is 0 Å². The number of allylic oxidation sites excluding steroid dienone is 2. The van der Waals surface area contributed by atoms with Gasteiger partial charge in [0.2, 0.25) is 0 Å². The van der Waals surface area contributed by atoms with E-state index in [1.807, 2.05) is 35.4 Å². The van der Waals surface area contributed by atoms with Crippen molar-refractivity contribution in [2.45, 2.75) is 13.8 Å². The van der Waals surface area contributed by atoms with Gasteiger partial charge in [-0.05, 0) is 35.5 Å². The largest absolute Gasteiger partial charge is 0.0854 e. The smallest absolute Gasteiger partial charge is 0.0229 e. The highest BCUT2D eigenvalue weighted by molar-refractivity contribution is 8.79. The monoisotopic (exact) mass is 354 g/mol. The minimum atomic E-state index is 1.06. The van der Waals surface area contributed by atoms with E-state index in [4.69, 9.17) is 0 Å². The molecule has 0 atom stereocenters. The summed E-state index contributed by atoms with van der Waals surface area (Å²) >= 11 is 0. The van der Waals surface area contributed by atoms with Crippen LogP contribution in [0.25, 0.3) is 0 Å². The summed E-state index contributed by atoms with van der Waals surface area (Å²) in [6.45, 7) is 4.08. The predicted octanol–water partition coefficient (Wildman–Crippen LogP) is 7.23. The standard InChI is InChI=1S/C12H18S6/c1-3-7-13-15-9-5-11-17-18-12-6-10-16-14-8-4-2/h3-8,11-12H,9-10H2,1-2H3/b7-3+,8-4+,11-5+,12-6+. The summed E-state index contributed by atoms with van der Waals surface area (Å²) in [5, 5.41) is 8.51. The number of hydrogen-bond donors (Lipinski definition) is 0. The summed E-state index contributed by atoms with van der Waals surface area (Å²) in [6, 6.07) is 0. The molecule has 0 N–H and O–H groups in total. The average molecular weight is 355 g/mol. The topological polar surface area (TPSA) is 0 Å². The molecule has 0 spiro atoms. The summed E-state index contributed by atoms with van der Waals surface area (Å²) in [6.07, 6.45) is 8.51. The molecule has 0 bridgehead atoms. The fraction of sp³-hybridized carbons (Fsp3) is 0.333. The van der Waals surface area contributed by atoms with Crippen LogP contribution in [0.15, 0.2) is 45.9 Å². The Morgan fingerprint density at radius 1 is 0.611 bits per heavy atom. The first-order valence-corrected chi connectivity index (χ1v) is 12.4. The van der Waals surface area contributed by atoms with Crippen molar-refractivity contribution in [1.29, 1.82) is 0 Å². The second-order valence-electron chi connectivity index (χ2n) is 2.64. The van der Waals surface area contributed by atoms with E-state index in [1.54, 1.807) is 43.2 Å². The Bertz CT molecular complexity index is 242. The first-order chi connectivity index (χ1) is 8.91. The molecule has 0 aromatic heterocycles. The van der Waals surface area contributed by atoms with E-state index < -0.39 is 0 Å². The van der Waals surface area contributed by atoms with Gasteiger partial charge in [0.25, 0.3) is 0 Å². The van der Waals surface area contributed by atoms with E-state index in [2.05, 4.69) is 45.9 Å². The fourth-order valence-corrected chi connectivity index (χ4v) is 5.11. The number of hydrogen-bond acceptors (Lipinski definition) is 6. The SMILES string of the molecule is C/C=C/SSC/C=C/SS/C=C/CSS/C=C/C. The van der Waals surface area contributed by atoms with Crippen LogP contribution < -0.4 is 0 Å². The average Bonchev–Trinajstić information content (AvgIpc) is 2.39. The Labute approximate surface area is 135 Å². The van der Waals surface area contributed by atoms with Gasteiger partial charge in [0.05, 0.1) is 0 Å². The van der Waals surface area contributed by atoms with Crippen LogP contribution in [0.3, 0.4) is 0 Å². The molecule has 0 unspecified atom stereocenters. The minimum absolute atomic E-state index is 1.06. The molecule has 0 rings (SSSR count). The zero-order chi connectivity index (χ0) is 13.3. The van der Waals surface area contributed by atoms with Crippen LogP contribution in [0.4, 0.5) is 0 Å². The molecule has 18 heavy (non-hydrogen) atoms. The quantitative estimate of drug-likeness (QED) is 0.281.